The zero-order chi connectivity index (χ0) is 9.42. The van der Waals surface area contributed by atoms with Crippen LogP contribution in [0.5, 0.6) is 0 Å². The molecule has 3 nitrogen and oxygen atoms in total. The maximum Gasteiger partial charge on any atom is 0.129 e. The Morgan fingerprint density at radius 2 is 1.85 bits per heavy atom. The third-order valence-corrected chi connectivity index (χ3v) is 2.22. The molecule has 4 N–H and O–H groups in total. The van der Waals surface area contributed by atoms with Crippen molar-refractivity contribution in [3.63, 3.8) is 0 Å². The highest BCUT2D eigenvalue weighted by atomic mass is 14.8. The number of fused-ring (bicyclic) bond motifs is 1. The molecule has 0 amide bonds. The normalized spacial score (nSPS) is 10.5. The number of pyridine rings is 1. The van der Waals surface area contributed by atoms with Crippen LogP contribution >= 0.6 is 0 Å². The van der Waals surface area contributed by atoms with Gasteiger partial charge in [0.2, 0.25) is 0 Å². The molecule has 1 aromatic heterocycles. The summed E-state index contributed by atoms with van der Waals surface area (Å²) < 4.78 is 0. The Morgan fingerprint density at radius 1 is 1.15 bits per heavy atom. The van der Waals surface area contributed by atoms with Gasteiger partial charge in [-0.2, -0.15) is 0 Å². The molecule has 3 heteroatoms. The summed E-state index contributed by atoms with van der Waals surface area (Å²) in [5.41, 5.74) is 14.0. The lowest BCUT2D eigenvalue weighted by molar-refractivity contribution is 1.34. The lowest BCUT2D eigenvalue weighted by atomic mass is 10.1. The van der Waals surface area contributed by atoms with Gasteiger partial charge in [-0.25, -0.2) is 4.98 Å². The number of para-hydroxylation sites is 1. The topological polar surface area (TPSA) is 64.9 Å². The van der Waals surface area contributed by atoms with Gasteiger partial charge in [-0.15, -0.1) is 0 Å². The minimum atomic E-state index is 0.510. The summed E-state index contributed by atoms with van der Waals surface area (Å²) in [6, 6.07) is 7.71. The average Bonchev–Trinajstić information content (AvgIpc) is 2.15. The second kappa shape index (κ2) is 2.62. The Balaban J connectivity index is 2.94. The highest BCUT2D eigenvalue weighted by Gasteiger charge is 2.05. The van der Waals surface area contributed by atoms with E-state index in [2.05, 4.69) is 4.98 Å². The summed E-state index contributed by atoms with van der Waals surface area (Å²) in [5, 5.41) is 0.967. The number of hydrogen-bond acceptors (Lipinski definition) is 3. The standard InChI is InChI=1S/C10H11N3/c1-6-9(11)7-4-2-3-5-8(7)13-10(6)12/h2-5H,1H3,(H4,11,12,13). The van der Waals surface area contributed by atoms with E-state index in [4.69, 9.17) is 11.5 Å². The number of aromatic nitrogens is 1. The first-order valence-corrected chi connectivity index (χ1v) is 4.10. The molecule has 0 aliphatic heterocycles. The van der Waals surface area contributed by atoms with E-state index in [1.165, 1.54) is 0 Å². The van der Waals surface area contributed by atoms with Gasteiger partial charge in [0.15, 0.2) is 0 Å². The molecule has 1 aromatic carbocycles. The van der Waals surface area contributed by atoms with Gasteiger partial charge in [0.1, 0.15) is 5.82 Å². The van der Waals surface area contributed by atoms with Crippen LogP contribution in [0.15, 0.2) is 24.3 Å². The second-order valence-electron chi connectivity index (χ2n) is 3.05. The molecule has 0 bridgehead atoms. The van der Waals surface area contributed by atoms with Crippen molar-refractivity contribution in [3.8, 4) is 0 Å². The molecule has 0 atom stereocenters. The van der Waals surface area contributed by atoms with Crippen molar-refractivity contribution < 1.29 is 0 Å². The van der Waals surface area contributed by atoms with Crippen LogP contribution in [-0.2, 0) is 0 Å². The molecule has 2 rings (SSSR count). The van der Waals surface area contributed by atoms with E-state index in [0.29, 0.717) is 5.82 Å². The van der Waals surface area contributed by atoms with Crippen LogP contribution in [0.1, 0.15) is 5.56 Å². The van der Waals surface area contributed by atoms with Crippen LogP contribution in [0.2, 0.25) is 0 Å². The molecule has 0 radical (unpaired) electrons. The smallest absolute Gasteiger partial charge is 0.129 e. The van der Waals surface area contributed by atoms with Crippen LogP contribution in [-0.4, -0.2) is 4.98 Å². The minimum Gasteiger partial charge on any atom is -0.398 e. The predicted molar refractivity (Wildman–Crippen MR) is 55.3 cm³/mol. The van der Waals surface area contributed by atoms with Crippen LogP contribution in [0.3, 0.4) is 0 Å². The fraction of sp³-hybridized carbons (Fsp3) is 0.100. The van der Waals surface area contributed by atoms with Gasteiger partial charge in [0.05, 0.1) is 5.52 Å². The minimum absolute atomic E-state index is 0.510. The average molecular weight is 173 g/mol. The monoisotopic (exact) mass is 173 g/mol. The number of hydrogen-bond donors (Lipinski definition) is 2. The number of nitrogen functional groups attached to an aromatic ring is 2. The molecule has 13 heavy (non-hydrogen) atoms. The summed E-state index contributed by atoms with van der Waals surface area (Å²) in [7, 11) is 0. The van der Waals surface area contributed by atoms with Crippen molar-refractivity contribution in [2.24, 2.45) is 0 Å². The van der Waals surface area contributed by atoms with Crippen molar-refractivity contribution in [1.29, 1.82) is 0 Å². The van der Waals surface area contributed by atoms with Crippen molar-refractivity contribution >= 4 is 22.4 Å². The molecule has 66 valence electrons. The largest absolute Gasteiger partial charge is 0.398 e. The number of anilines is 2. The molecule has 0 saturated carbocycles. The number of nitrogens with zero attached hydrogens (tertiary/aromatic N) is 1. The zero-order valence-electron chi connectivity index (χ0n) is 7.41. The maximum atomic E-state index is 5.90. The third kappa shape index (κ3) is 1.09. The Labute approximate surface area is 76.4 Å². The molecule has 0 aliphatic rings. The van der Waals surface area contributed by atoms with Gasteiger partial charge < -0.3 is 11.5 Å². The highest BCUT2D eigenvalue weighted by molar-refractivity contribution is 5.93. The van der Waals surface area contributed by atoms with Gasteiger partial charge >= 0.3 is 0 Å². The summed E-state index contributed by atoms with van der Waals surface area (Å²) in [4.78, 5) is 4.23. The summed E-state index contributed by atoms with van der Waals surface area (Å²) >= 11 is 0. The molecule has 0 aliphatic carbocycles. The van der Waals surface area contributed by atoms with E-state index in [-0.39, 0.29) is 0 Å². The van der Waals surface area contributed by atoms with Crippen molar-refractivity contribution in [2.75, 3.05) is 11.5 Å². The van der Waals surface area contributed by atoms with Crippen molar-refractivity contribution in [3.05, 3.63) is 29.8 Å². The number of rotatable bonds is 0. The Morgan fingerprint density at radius 3 is 2.62 bits per heavy atom. The van der Waals surface area contributed by atoms with Gasteiger partial charge in [0, 0.05) is 16.6 Å². The van der Waals surface area contributed by atoms with E-state index in [1.807, 2.05) is 31.2 Å². The van der Waals surface area contributed by atoms with Crippen molar-refractivity contribution in [1.82, 2.24) is 4.98 Å². The Hall–Kier alpha value is -1.77. The molecule has 0 spiro atoms. The van der Waals surface area contributed by atoms with Gasteiger partial charge in [-0.1, -0.05) is 18.2 Å². The summed E-state index contributed by atoms with van der Waals surface area (Å²) in [5.74, 6) is 0.510. The quantitative estimate of drug-likeness (QED) is 0.637. The predicted octanol–water partition coefficient (Wildman–Crippen LogP) is 1.71. The Kier molecular flexibility index (Phi) is 1.59. The lowest BCUT2D eigenvalue weighted by Crippen LogP contribution is -2.00. The summed E-state index contributed by atoms with van der Waals surface area (Å²) in [6.45, 7) is 1.88. The molecular formula is C10H11N3. The number of nitrogens with two attached hydrogens (primary N) is 2. The van der Waals surface area contributed by atoms with Gasteiger partial charge in [-0.3, -0.25) is 0 Å². The summed E-state index contributed by atoms with van der Waals surface area (Å²) in [6.07, 6.45) is 0. The SMILES string of the molecule is Cc1c(N)nc2ccccc2c1N. The van der Waals surface area contributed by atoms with Crippen LogP contribution in [0.25, 0.3) is 10.9 Å². The fourth-order valence-corrected chi connectivity index (χ4v) is 1.35. The molecular weight excluding hydrogens is 162 g/mol. The zero-order valence-corrected chi connectivity index (χ0v) is 7.41. The molecule has 0 saturated heterocycles. The molecule has 0 fully saturated rings. The van der Waals surface area contributed by atoms with E-state index >= 15 is 0 Å². The van der Waals surface area contributed by atoms with Crippen LogP contribution in [0, 0.1) is 6.92 Å². The van der Waals surface area contributed by atoms with E-state index in [0.717, 1.165) is 22.2 Å². The van der Waals surface area contributed by atoms with Crippen LogP contribution < -0.4 is 11.5 Å². The maximum absolute atomic E-state index is 5.90. The molecule has 2 aromatic rings. The molecule has 1 heterocycles. The van der Waals surface area contributed by atoms with E-state index in [9.17, 15) is 0 Å². The Bertz CT molecular complexity index is 463. The van der Waals surface area contributed by atoms with E-state index < -0.39 is 0 Å². The van der Waals surface area contributed by atoms with Gasteiger partial charge in [0.25, 0.3) is 0 Å². The lowest BCUT2D eigenvalue weighted by Gasteiger charge is -2.06. The van der Waals surface area contributed by atoms with Crippen molar-refractivity contribution in [2.45, 2.75) is 6.92 Å². The second-order valence-corrected chi connectivity index (χ2v) is 3.05. The van der Waals surface area contributed by atoms with Crippen LogP contribution in [0.4, 0.5) is 11.5 Å². The third-order valence-electron chi connectivity index (χ3n) is 2.22. The van der Waals surface area contributed by atoms with E-state index in [1.54, 1.807) is 0 Å². The first kappa shape index (κ1) is 7.86. The molecule has 0 unspecified atom stereocenters. The van der Waals surface area contributed by atoms with Gasteiger partial charge in [-0.05, 0) is 13.0 Å². The first-order valence-electron chi connectivity index (χ1n) is 4.10. The fourth-order valence-electron chi connectivity index (χ4n) is 1.35. The number of benzene rings is 1. The first-order chi connectivity index (χ1) is 6.20. The highest BCUT2D eigenvalue weighted by Crippen LogP contribution is 2.25.